The van der Waals surface area contributed by atoms with Crippen LogP contribution in [0.1, 0.15) is 41.6 Å². The number of hydrogen-bond acceptors (Lipinski definition) is 8. The summed E-state index contributed by atoms with van der Waals surface area (Å²) in [4.78, 5) is 26.5. The molecule has 46 heavy (non-hydrogen) atoms. The molecule has 3 atom stereocenters. The summed E-state index contributed by atoms with van der Waals surface area (Å²) in [5.74, 6) is 2.02. The molecule has 1 aliphatic carbocycles. The van der Waals surface area contributed by atoms with Crippen LogP contribution >= 0.6 is 0 Å². The number of piperidine rings is 1. The molecule has 4 aliphatic rings. The van der Waals surface area contributed by atoms with E-state index >= 15 is 0 Å². The number of fused-ring (bicyclic) bond motifs is 3. The molecule has 9 heteroatoms. The quantitative estimate of drug-likeness (QED) is 0.250. The number of nitrogens with zero attached hydrogens (tertiary/aromatic N) is 7. The van der Waals surface area contributed by atoms with Crippen molar-refractivity contribution in [3.63, 3.8) is 0 Å². The van der Waals surface area contributed by atoms with Crippen LogP contribution in [0.15, 0.2) is 49.1 Å². The van der Waals surface area contributed by atoms with Crippen molar-refractivity contribution in [2.24, 2.45) is 11.8 Å². The Morgan fingerprint density at radius 3 is 2.65 bits per heavy atom. The van der Waals surface area contributed by atoms with E-state index in [2.05, 4.69) is 76.7 Å². The number of carbonyl (C=O) groups excluding carboxylic acids is 1. The minimum Gasteiger partial charge on any atom is -0.477 e. The number of carbonyl (C=O) groups is 1. The van der Waals surface area contributed by atoms with Crippen molar-refractivity contribution in [1.29, 1.82) is 10.5 Å². The van der Waals surface area contributed by atoms with Gasteiger partial charge in [0.2, 0.25) is 11.8 Å². The van der Waals surface area contributed by atoms with E-state index in [1.807, 2.05) is 0 Å². The third-order valence-electron chi connectivity index (χ3n) is 10.3. The minimum absolute atomic E-state index is 0.169. The molecule has 7 rings (SSSR count). The van der Waals surface area contributed by atoms with Crippen molar-refractivity contribution in [1.82, 2.24) is 14.8 Å². The van der Waals surface area contributed by atoms with E-state index < -0.39 is 0 Å². The van der Waals surface area contributed by atoms with E-state index in [-0.39, 0.29) is 18.4 Å². The van der Waals surface area contributed by atoms with Crippen LogP contribution in [0.5, 0.6) is 5.88 Å². The predicted molar refractivity (Wildman–Crippen MR) is 179 cm³/mol. The molecule has 0 N–H and O–H groups in total. The molecule has 1 amide bonds. The summed E-state index contributed by atoms with van der Waals surface area (Å²) in [5.41, 5.74) is 5.71. The molecule has 2 aromatic carbocycles. The van der Waals surface area contributed by atoms with Gasteiger partial charge in [-0.1, -0.05) is 36.9 Å². The number of anilines is 2. The van der Waals surface area contributed by atoms with Gasteiger partial charge in [0, 0.05) is 62.5 Å². The zero-order valence-corrected chi connectivity index (χ0v) is 26.6. The number of pyridine rings is 1. The van der Waals surface area contributed by atoms with Gasteiger partial charge in [-0.3, -0.25) is 4.79 Å². The fraction of sp³-hybridized carbons (Fsp3) is 0.459. The van der Waals surface area contributed by atoms with Crippen molar-refractivity contribution in [2.45, 2.75) is 45.2 Å². The molecule has 3 aliphatic heterocycles. The van der Waals surface area contributed by atoms with Crippen molar-refractivity contribution >= 4 is 28.1 Å². The third kappa shape index (κ3) is 5.65. The number of nitriles is 2. The Morgan fingerprint density at radius 2 is 1.89 bits per heavy atom. The fourth-order valence-electron chi connectivity index (χ4n) is 7.94. The minimum atomic E-state index is -0.297. The summed E-state index contributed by atoms with van der Waals surface area (Å²) in [5, 5.41) is 22.6. The fourth-order valence-corrected chi connectivity index (χ4v) is 7.94. The van der Waals surface area contributed by atoms with Crippen LogP contribution in [0.25, 0.3) is 10.8 Å². The summed E-state index contributed by atoms with van der Waals surface area (Å²) < 4.78 is 6.37. The topological polar surface area (TPSA) is 99.7 Å². The first-order valence-electron chi connectivity index (χ1n) is 16.6. The number of ether oxygens (including phenoxy) is 1. The molecular formula is C37H41N7O2. The number of aryl methyl sites for hydroxylation is 1. The first-order chi connectivity index (χ1) is 22.5. The number of hydrogen-bond donors (Lipinski definition) is 0. The number of likely N-dealkylation sites (tertiary alicyclic amines) is 1. The molecule has 3 unspecified atom stereocenters. The van der Waals surface area contributed by atoms with Gasteiger partial charge in [0.25, 0.3) is 0 Å². The van der Waals surface area contributed by atoms with Gasteiger partial charge in [-0.05, 0) is 61.1 Å². The Bertz CT molecular complexity index is 1740. The zero-order chi connectivity index (χ0) is 31.8. The number of benzene rings is 2. The van der Waals surface area contributed by atoms with E-state index in [9.17, 15) is 15.3 Å². The lowest BCUT2D eigenvalue weighted by molar-refractivity contribution is -0.128. The highest BCUT2D eigenvalue weighted by molar-refractivity contribution is 5.97. The predicted octanol–water partition coefficient (Wildman–Crippen LogP) is 4.82. The average molecular weight is 616 g/mol. The van der Waals surface area contributed by atoms with E-state index in [4.69, 9.17) is 9.72 Å². The monoisotopic (exact) mass is 615 g/mol. The molecule has 3 fully saturated rings. The maximum atomic E-state index is 12.6. The van der Waals surface area contributed by atoms with Crippen molar-refractivity contribution in [3.8, 4) is 18.0 Å². The molecule has 0 bridgehead atoms. The molecule has 9 nitrogen and oxygen atoms in total. The van der Waals surface area contributed by atoms with E-state index in [0.29, 0.717) is 44.2 Å². The van der Waals surface area contributed by atoms with Gasteiger partial charge < -0.3 is 24.3 Å². The first-order valence-corrected chi connectivity index (χ1v) is 16.6. The standard InChI is InChI=1S/C37H41N7O2/c1-3-34(45)44-17-16-43(23-29(44)11-13-38)36-30-12-15-42(33-10-5-9-26-8-4-7-25(2)35(26)33)24-32(30)40-37(31(36)20-39)46-18-6-14-41-21-27-19-28(27)22-41/h3-5,7-10,27-29H,1,6,11-12,14-19,21-24H2,2H3. The van der Waals surface area contributed by atoms with Crippen molar-refractivity contribution in [3.05, 3.63) is 71.4 Å². The summed E-state index contributed by atoms with van der Waals surface area (Å²) in [7, 11) is 0. The molecule has 0 spiro atoms. The van der Waals surface area contributed by atoms with Gasteiger partial charge in [0.1, 0.15) is 11.6 Å². The molecule has 4 heterocycles. The number of rotatable bonds is 9. The van der Waals surface area contributed by atoms with Gasteiger partial charge in [-0.2, -0.15) is 10.5 Å². The molecule has 0 radical (unpaired) electrons. The van der Waals surface area contributed by atoms with Gasteiger partial charge in [0.15, 0.2) is 0 Å². The maximum Gasteiger partial charge on any atom is 0.246 e. The summed E-state index contributed by atoms with van der Waals surface area (Å²) in [6, 6.07) is 17.3. The van der Waals surface area contributed by atoms with E-state index in [1.165, 1.54) is 47.6 Å². The molecule has 3 aromatic rings. The maximum absolute atomic E-state index is 12.6. The first kappa shape index (κ1) is 30.1. The van der Waals surface area contributed by atoms with Crippen LogP contribution in [0, 0.1) is 41.4 Å². The second kappa shape index (κ2) is 12.7. The largest absolute Gasteiger partial charge is 0.477 e. The normalized spacial score (nSPS) is 22.2. The molecule has 1 aromatic heterocycles. The summed E-state index contributed by atoms with van der Waals surface area (Å²) >= 11 is 0. The van der Waals surface area contributed by atoms with Gasteiger partial charge in [-0.25, -0.2) is 4.98 Å². The SMILES string of the molecule is C=CC(=O)N1CCN(c2c(C#N)c(OCCCN3CC4CC4C3)nc3c2CCN(c2cccc4cccc(C)c24)C3)CC1CC#N. The second-order valence-corrected chi connectivity index (χ2v) is 13.2. The molecule has 2 saturated heterocycles. The Labute approximate surface area is 271 Å². The van der Waals surface area contributed by atoms with Crippen molar-refractivity contribution in [2.75, 3.05) is 62.2 Å². The zero-order valence-electron chi connectivity index (χ0n) is 26.6. The van der Waals surface area contributed by atoms with Crippen molar-refractivity contribution < 1.29 is 9.53 Å². The smallest absolute Gasteiger partial charge is 0.246 e. The Morgan fingerprint density at radius 1 is 1.09 bits per heavy atom. The highest BCUT2D eigenvalue weighted by atomic mass is 16.5. The van der Waals surface area contributed by atoms with E-state index in [0.717, 1.165) is 54.7 Å². The number of aromatic nitrogens is 1. The molecule has 1 saturated carbocycles. The van der Waals surface area contributed by atoms with Crippen LogP contribution in [-0.2, 0) is 17.8 Å². The lowest BCUT2D eigenvalue weighted by atomic mass is 9.95. The van der Waals surface area contributed by atoms with Crippen LogP contribution in [-0.4, -0.2) is 79.2 Å². The Balaban J connectivity index is 1.21. The van der Waals surface area contributed by atoms with Crippen LogP contribution in [0.3, 0.4) is 0 Å². The highest BCUT2D eigenvalue weighted by Gasteiger charge is 2.44. The van der Waals surface area contributed by atoms with Crippen LogP contribution in [0.2, 0.25) is 0 Å². The average Bonchev–Trinajstić information content (AvgIpc) is 3.69. The lowest BCUT2D eigenvalue weighted by Gasteiger charge is -2.43. The lowest BCUT2D eigenvalue weighted by Crippen LogP contribution is -2.55. The number of piperazine rings is 1. The third-order valence-corrected chi connectivity index (χ3v) is 10.3. The Kier molecular flexibility index (Phi) is 8.27. The summed E-state index contributed by atoms with van der Waals surface area (Å²) in [6.07, 6.45) is 4.52. The van der Waals surface area contributed by atoms with E-state index in [1.54, 1.807) is 4.90 Å². The second-order valence-electron chi connectivity index (χ2n) is 13.2. The molecular weight excluding hydrogens is 574 g/mol. The highest BCUT2D eigenvalue weighted by Crippen LogP contribution is 2.45. The number of amides is 1. The van der Waals surface area contributed by atoms with Crippen LogP contribution in [0.4, 0.5) is 11.4 Å². The summed E-state index contributed by atoms with van der Waals surface area (Å²) in [6.45, 7) is 12.6. The van der Waals surface area contributed by atoms with Crippen LogP contribution < -0.4 is 14.5 Å². The Hall–Kier alpha value is -4.60. The van der Waals surface area contributed by atoms with Gasteiger partial charge in [-0.15, -0.1) is 0 Å². The van der Waals surface area contributed by atoms with Gasteiger partial charge in [0.05, 0.1) is 43.1 Å². The van der Waals surface area contributed by atoms with Gasteiger partial charge >= 0.3 is 0 Å². The molecule has 236 valence electrons.